The summed E-state index contributed by atoms with van der Waals surface area (Å²) in [6.07, 6.45) is 0.920. The molecule has 15 heavy (non-hydrogen) atoms. The van der Waals surface area contributed by atoms with Gasteiger partial charge in [-0.25, -0.2) is 8.78 Å². The first kappa shape index (κ1) is 10.6. The van der Waals surface area contributed by atoms with Gasteiger partial charge in [-0.2, -0.15) is 0 Å². The Morgan fingerprint density at radius 1 is 1.33 bits per heavy atom. The Kier molecular flexibility index (Phi) is 3.00. The van der Waals surface area contributed by atoms with Crippen molar-refractivity contribution in [1.29, 1.82) is 0 Å². The van der Waals surface area contributed by atoms with Crippen LogP contribution in [-0.4, -0.2) is 13.1 Å². The topological polar surface area (TPSA) is 12.0 Å². The molecule has 1 aliphatic heterocycles. The van der Waals surface area contributed by atoms with Crippen molar-refractivity contribution < 1.29 is 8.78 Å². The van der Waals surface area contributed by atoms with Gasteiger partial charge in [0.1, 0.15) is 11.6 Å². The van der Waals surface area contributed by atoms with Crippen LogP contribution in [0.25, 0.3) is 0 Å². The summed E-state index contributed by atoms with van der Waals surface area (Å²) in [5, 5.41) is 3.27. The Balaban J connectivity index is 2.27. The summed E-state index contributed by atoms with van der Waals surface area (Å²) in [6.45, 7) is 3.91. The predicted octanol–water partition coefficient (Wildman–Crippen LogP) is 2.68. The van der Waals surface area contributed by atoms with Gasteiger partial charge in [-0.1, -0.05) is 13.0 Å². The Bertz CT molecular complexity index is 351. The molecule has 0 spiro atoms. The highest BCUT2D eigenvalue weighted by atomic mass is 19.1. The van der Waals surface area contributed by atoms with Crippen LogP contribution in [0.4, 0.5) is 8.78 Å². The molecule has 82 valence electrons. The van der Waals surface area contributed by atoms with Crippen LogP contribution in [0.15, 0.2) is 18.2 Å². The van der Waals surface area contributed by atoms with Crippen LogP contribution in [-0.2, 0) is 0 Å². The Hall–Kier alpha value is -0.960. The lowest BCUT2D eigenvalue weighted by Gasteiger charge is -2.30. The van der Waals surface area contributed by atoms with Crippen molar-refractivity contribution in [2.24, 2.45) is 5.92 Å². The average molecular weight is 211 g/mol. The van der Waals surface area contributed by atoms with Crippen LogP contribution in [0, 0.1) is 17.6 Å². The van der Waals surface area contributed by atoms with E-state index in [1.54, 1.807) is 6.07 Å². The summed E-state index contributed by atoms with van der Waals surface area (Å²) in [5.41, 5.74) is 0.658. The zero-order chi connectivity index (χ0) is 10.8. The monoisotopic (exact) mass is 211 g/mol. The molecule has 1 fully saturated rings. The molecular formula is C12H15F2N. The van der Waals surface area contributed by atoms with E-state index in [1.807, 2.05) is 0 Å². The molecule has 0 unspecified atom stereocenters. The largest absolute Gasteiger partial charge is 0.316 e. The summed E-state index contributed by atoms with van der Waals surface area (Å²) >= 11 is 0. The van der Waals surface area contributed by atoms with Gasteiger partial charge in [0.15, 0.2) is 0 Å². The summed E-state index contributed by atoms with van der Waals surface area (Å²) in [7, 11) is 0. The molecule has 0 bridgehead atoms. The maximum atomic E-state index is 13.5. The van der Waals surface area contributed by atoms with E-state index < -0.39 is 11.6 Å². The van der Waals surface area contributed by atoms with E-state index in [0.717, 1.165) is 25.6 Å². The second-order valence-electron chi connectivity index (χ2n) is 4.24. The predicted molar refractivity (Wildman–Crippen MR) is 55.7 cm³/mol. The van der Waals surface area contributed by atoms with E-state index in [-0.39, 0.29) is 5.92 Å². The number of benzene rings is 1. The molecule has 1 heterocycles. The minimum atomic E-state index is -0.502. The van der Waals surface area contributed by atoms with Gasteiger partial charge in [0.25, 0.3) is 0 Å². The lowest BCUT2D eigenvalue weighted by Crippen LogP contribution is -2.34. The normalized spacial score (nSPS) is 26.6. The van der Waals surface area contributed by atoms with Crippen molar-refractivity contribution in [1.82, 2.24) is 5.32 Å². The molecule has 1 aromatic rings. The first-order chi connectivity index (χ1) is 7.18. The average Bonchev–Trinajstić information content (AvgIpc) is 2.20. The fourth-order valence-electron chi connectivity index (χ4n) is 2.28. The van der Waals surface area contributed by atoms with Crippen molar-refractivity contribution in [3.8, 4) is 0 Å². The molecule has 0 radical (unpaired) electrons. The molecule has 3 heteroatoms. The van der Waals surface area contributed by atoms with Gasteiger partial charge >= 0.3 is 0 Å². The highest BCUT2D eigenvalue weighted by Crippen LogP contribution is 2.31. The minimum Gasteiger partial charge on any atom is -0.316 e. The van der Waals surface area contributed by atoms with Crippen LogP contribution < -0.4 is 5.32 Å². The van der Waals surface area contributed by atoms with Crippen LogP contribution in [0.3, 0.4) is 0 Å². The number of hydrogen-bond donors (Lipinski definition) is 1. The zero-order valence-electron chi connectivity index (χ0n) is 8.76. The molecule has 1 saturated heterocycles. The molecular weight excluding hydrogens is 196 g/mol. The van der Waals surface area contributed by atoms with Gasteiger partial charge < -0.3 is 5.32 Å². The van der Waals surface area contributed by atoms with Crippen LogP contribution in [0.1, 0.15) is 24.8 Å². The highest BCUT2D eigenvalue weighted by Gasteiger charge is 2.24. The highest BCUT2D eigenvalue weighted by molar-refractivity contribution is 5.24. The van der Waals surface area contributed by atoms with E-state index >= 15 is 0 Å². The lowest BCUT2D eigenvalue weighted by atomic mass is 9.82. The molecule has 0 saturated carbocycles. The van der Waals surface area contributed by atoms with Gasteiger partial charge in [0, 0.05) is 6.07 Å². The Morgan fingerprint density at radius 2 is 2.13 bits per heavy atom. The van der Waals surface area contributed by atoms with Gasteiger partial charge in [-0.15, -0.1) is 0 Å². The standard InChI is InChI=1S/C12H15F2N/c1-8-7-15-5-4-10(8)11-3-2-9(13)6-12(11)14/h2-3,6,8,10,15H,4-5,7H2,1H3/t8-,10+/m0/s1. The third-order valence-corrected chi connectivity index (χ3v) is 3.15. The van der Waals surface area contributed by atoms with E-state index in [4.69, 9.17) is 0 Å². The number of piperidine rings is 1. The molecule has 0 amide bonds. The molecule has 2 rings (SSSR count). The van der Waals surface area contributed by atoms with E-state index in [9.17, 15) is 8.78 Å². The summed E-state index contributed by atoms with van der Waals surface area (Å²) in [4.78, 5) is 0. The van der Waals surface area contributed by atoms with Gasteiger partial charge in [0.05, 0.1) is 0 Å². The van der Waals surface area contributed by atoms with Crippen molar-refractivity contribution >= 4 is 0 Å². The minimum absolute atomic E-state index is 0.215. The fraction of sp³-hybridized carbons (Fsp3) is 0.500. The van der Waals surface area contributed by atoms with Gasteiger partial charge in [-0.05, 0) is 43.0 Å². The first-order valence-corrected chi connectivity index (χ1v) is 5.34. The van der Waals surface area contributed by atoms with E-state index in [2.05, 4.69) is 12.2 Å². The lowest BCUT2D eigenvalue weighted by molar-refractivity contribution is 0.341. The summed E-state index contributed by atoms with van der Waals surface area (Å²) in [6, 6.07) is 3.90. The number of hydrogen-bond acceptors (Lipinski definition) is 1. The number of halogens is 2. The Labute approximate surface area is 88.5 Å². The molecule has 1 aromatic carbocycles. The fourth-order valence-corrected chi connectivity index (χ4v) is 2.28. The molecule has 0 aromatic heterocycles. The smallest absolute Gasteiger partial charge is 0.129 e. The molecule has 0 aliphatic carbocycles. The van der Waals surface area contributed by atoms with E-state index in [0.29, 0.717) is 11.5 Å². The number of rotatable bonds is 1. The maximum absolute atomic E-state index is 13.5. The van der Waals surface area contributed by atoms with Crippen LogP contribution in [0.5, 0.6) is 0 Å². The van der Waals surface area contributed by atoms with Crippen LogP contribution in [0.2, 0.25) is 0 Å². The van der Waals surface area contributed by atoms with Crippen molar-refractivity contribution in [2.45, 2.75) is 19.3 Å². The zero-order valence-corrected chi connectivity index (χ0v) is 8.76. The van der Waals surface area contributed by atoms with Crippen molar-refractivity contribution in [3.63, 3.8) is 0 Å². The van der Waals surface area contributed by atoms with Gasteiger partial charge in [-0.3, -0.25) is 0 Å². The molecule has 1 N–H and O–H groups in total. The maximum Gasteiger partial charge on any atom is 0.129 e. The quantitative estimate of drug-likeness (QED) is 0.753. The molecule has 1 aliphatic rings. The first-order valence-electron chi connectivity index (χ1n) is 5.34. The molecule has 2 atom stereocenters. The second-order valence-corrected chi connectivity index (χ2v) is 4.24. The Morgan fingerprint density at radius 3 is 2.80 bits per heavy atom. The number of nitrogens with one attached hydrogen (secondary N) is 1. The van der Waals surface area contributed by atoms with Crippen LogP contribution >= 0.6 is 0 Å². The summed E-state index contributed by atoms with van der Waals surface area (Å²) < 4.78 is 26.3. The van der Waals surface area contributed by atoms with Crippen molar-refractivity contribution in [2.75, 3.05) is 13.1 Å². The SMILES string of the molecule is C[C@H]1CNCC[C@H]1c1ccc(F)cc1F. The third kappa shape index (κ3) is 2.17. The van der Waals surface area contributed by atoms with Gasteiger partial charge in [0.2, 0.25) is 0 Å². The second kappa shape index (κ2) is 4.27. The van der Waals surface area contributed by atoms with Crippen molar-refractivity contribution in [3.05, 3.63) is 35.4 Å². The third-order valence-electron chi connectivity index (χ3n) is 3.15. The summed E-state index contributed by atoms with van der Waals surface area (Å²) in [5.74, 6) is -0.294. The van der Waals surface area contributed by atoms with E-state index in [1.165, 1.54) is 6.07 Å². The molecule has 1 nitrogen and oxygen atoms in total.